The molecule has 4 heteroatoms. The van der Waals surface area contributed by atoms with Crippen LogP contribution in [0.5, 0.6) is 0 Å². The van der Waals surface area contributed by atoms with Gasteiger partial charge in [0.05, 0.1) is 5.56 Å². The highest BCUT2D eigenvalue weighted by Gasteiger charge is 2.27. The normalized spacial score (nSPS) is 19.5. The van der Waals surface area contributed by atoms with Crippen LogP contribution in [-0.4, -0.2) is 25.4 Å². The van der Waals surface area contributed by atoms with Crippen molar-refractivity contribution in [2.45, 2.75) is 32.7 Å². The summed E-state index contributed by atoms with van der Waals surface area (Å²) in [5, 5.41) is 4.62. The minimum absolute atomic E-state index is 0.230. The number of nitrogens with one attached hydrogen (secondary N) is 1. The third-order valence-electron chi connectivity index (χ3n) is 3.65. The quantitative estimate of drug-likeness (QED) is 0.817. The summed E-state index contributed by atoms with van der Waals surface area (Å²) < 4.78 is 0. The Hall–Kier alpha value is -0.870. The Bertz CT molecular complexity index is 447. The summed E-state index contributed by atoms with van der Waals surface area (Å²) in [6.07, 6.45) is 3.60. The minimum atomic E-state index is 0.230. The lowest BCUT2D eigenvalue weighted by molar-refractivity contribution is 0.101. The molecule has 0 radical (unpaired) electrons. The summed E-state index contributed by atoms with van der Waals surface area (Å²) in [6, 6.07) is 0. The first-order chi connectivity index (χ1) is 8.27. The van der Waals surface area contributed by atoms with Crippen molar-refractivity contribution < 1.29 is 4.79 Å². The molecule has 0 amide bonds. The van der Waals surface area contributed by atoms with Gasteiger partial charge in [-0.15, -0.1) is 11.3 Å². The predicted molar refractivity (Wildman–Crippen MR) is 71.2 cm³/mol. The van der Waals surface area contributed by atoms with E-state index in [0.717, 1.165) is 38.2 Å². The zero-order valence-electron chi connectivity index (χ0n) is 10.2. The third-order valence-corrected chi connectivity index (χ3v) is 5.00. The van der Waals surface area contributed by atoms with Crippen molar-refractivity contribution in [2.75, 3.05) is 24.5 Å². The highest BCUT2D eigenvalue weighted by atomic mass is 32.1. The highest BCUT2D eigenvalue weighted by Crippen LogP contribution is 2.39. The van der Waals surface area contributed by atoms with E-state index in [9.17, 15) is 4.79 Å². The molecule has 0 unspecified atom stereocenters. The van der Waals surface area contributed by atoms with Crippen molar-refractivity contribution in [3.05, 3.63) is 16.0 Å². The van der Waals surface area contributed by atoms with Crippen LogP contribution in [0, 0.1) is 0 Å². The zero-order chi connectivity index (χ0) is 11.8. The summed E-state index contributed by atoms with van der Waals surface area (Å²) in [5.74, 6) is 0.230. The van der Waals surface area contributed by atoms with Crippen LogP contribution >= 0.6 is 11.3 Å². The summed E-state index contributed by atoms with van der Waals surface area (Å²) >= 11 is 1.85. The molecule has 2 aliphatic rings. The minimum Gasteiger partial charge on any atom is -0.363 e. The maximum absolute atomic E-state index is 11.9. The molecule has 92 valence electrons. The molecule has 0 spiro atoms. The zero-order valence-corrected chi connectivity index (χ0v) is 11.0. The fourth-order valence-corrected chi connectivity index (χ4v) is 4.22. The average Bonchev–Trinajstić information content (AvgIpc) is 2.95. The van der Waals surface area contributed by atoms with E-state index >= 15 is 0 Å². The van der Waals surface area contributed by atoms with Gasteiger partial charge in [-0.3, -0.25) is 4.79 Å². The summed E-state index contributed by atoms with van der Waals surface area (Å²) in [5.41, 5.74) is 2.27. The number of rotatable bonds is 2. The molecular weight excluding hydrogens is 232 g/mol. The van der Waals surface area contributed by atoms with Crippen LogP contribution < -0.4 is 10.2 Å². The first-order valence-electron chi connectivity index (χ1n) is 6.38. The fourth-order valence-electron chi connectivity index (χ4n) is 2.81. The number of anilines is 1. The topological polar surface area (TPSA) is 32.3 Å². The smallest absolute Gasteiger partial charge is 0.163 e. The van der Waals surface area contributed by atoms with E-state index in [1.54, 1.807) is 6.92 Å². The van der Waals surface area contributed by atoms with E-state index in [1.165, 1.54) is 28.3 Å². The molecule has 1 aromatic rings. The van der Waals surface area contributed by atoms with Gasteiger partial charge in [-0.05, 0) is 31.7 Å². The molecule has 0 saturated carbocycles. The summed E-state index contributed by atoms with van der Waals surface area (Å²) in [7, 11) is 0. The lowest BCUT2D eigenvalue weighted by atomic mass is 10.0. The van der Waals surface area contributed by atoms with E-state index in [1.807, 2.05) is 11.3 Å². The number of hydrogen-bond acceptors (Lipinski definition) is 4. The highest BCUT2D eigenvalue weighted by molar-refractivity contribution is 7.16. The lowest BCUT2D eigenvalue weighted by Gasteiger charge is -2.17. The van der Waals surface area contributed by atoms with Gasteiger partial charge in [-0.2, -0.15) is 0 Å². The van der Waals surface area contributed by atoms with E-state index in [2.05, 4.69) is 10.2 Å². The molecule has 1 aromatic heterocycles. The Balaban J connectivity index is 2.06. The largest absolute Gasteiger partial charge is 0.363 e. The van der Waals surface area contributed by atoms with Crippen LogP contribution in [0.15, 0.2) is 0 Å². The molecule has 1 fully saturated rings. The maximum Gasteiger partial charge on any atom is 0.163 e. The molecule has 0 aliphatic carbocycles. The van der Waals surface area contributed by atoms with Gasteiger partial charge >= 0.3 is 0 Å². The molecule has 0 bridgehead atoms. The molecule has 3 heterocycles. The van der Waals surface area contributed by atoms with Gasteiger partial charge in [0, 0.05) is 31.1 Å². The third kappa shape index (κ3) is 1.89. The monoisotopic (exact) mass is 250 g/mol. The standard InChI is InChI=1S/C13H18N2OS/c1-9(16)12-10-8-14-5-4-11(10)17-13(12)15-6-2-3-7-15/h14H,2-8H2,1H3. The van der Waals surface area contributed by atoms with Gasteiger partial charge in [0.2, 0.25) is 0 Å². The van der Waals surface area contributed by atoms with Gasteiger partial charge in [-0.1, -0.05) is 0 Å². The molecule has 0 aromatic carbocycles. The van der Waals surface area contributed by atoms with Gasteiger partial charge in [0.25, 0.3) is 0 Å². The molecule has 3 rings (SSSR count). The number of thiophene rings is 1. The lowest BCUT2D eigenvalue weighted by Crippen LogP contribution is -2.24. The number of ketones is 1. The van der Waals surface area contributed by atoms with Crippen molar-refractivity contribution in [1.29, 1.82) is 0 Å². The van der Waals surface area contributed by atoms with E-state index in [0.29, 0.717) is 0 Å². The van der Waals surface area contributed by atoms with Crippen LogP contribution in [0.2, 0.25) is 0 Å². The van der Waals surface area contributed by atoms with Crippen molar-refractivity contribution in [2.24, 2.45) is 0 Å². The van der Waals surface area contributed by atoms with Crippen molar-refractivity contribution in [3.63, 3.8) is 0 Å². The first kappa shape index (κ1) is 11.2. The molecule has 0 atom stereocenters. The summed E-state index contributed by atoms with van der Waals surface area (Å²) in [6.45, 7) is 5.86. The number of hydrogen-bond donors (Lipinski definition) is 1. The van der Waals surface area contributed by atoms with Crippen molar-refractivity contribution in [3.8, 4) is 0 Å². The van der Waals surface area contributed by atoms with Crippen LogP contribution in [0.25, 0.3) is 0 Å². The average molecular weight is 250 g/mol. The first-order valence-corrected chi connectivity index (χ1v) is 7.20. The number of nitrogens with zero attached hydrogens (tertiary/aromatic N) is 1. The maximum atomic E-state index is 11.9. The molecule has 17 heavy (non-hydrogen) atoms. The van der Waals surface area contributed by atoms with Gasteiger partial charge < -0.3 is 10.2 Å². The SMILES string of the molecule is CC(=O)c1c(N2CCCC2)sc2c1CNCC2. The fraction of sp³-hybridized carbons (Fsp3) is 0.615. The van der Waals surface area contributed by atoms with Crippen LogP contribution in [0.1, 0.15) is 40.6 Å². The second-order valence-electron chi connectivity index (χ2n) is 4.86. The van der Waals surface area contributed by atoms with E-state index in [4.69, 9.17) is 0 Å². The Morgan fingerprint density at radius 3 is 2.82 bits per heavy atom. The predicted octanol–water partition coefficient (Wildman–Crippen LogP) is 2.20. The number of carbonyl (C=O) groups excluding carboxylic acids is 1. The number of Topliss-reactive ketones (excluding diaryl/α,β-unsaturated/α-hetero) is 1. The van der Waals surface area contributed by atoms with Crippen LogP contribution in [-0.2, 0) is 13.0 Å². The van der Waals surface area contributed by atoms with Gasteiger partial charge in [0.15, 0.2) is 5.78 Å². The Labute approximate surface area is 106 Å². The van der Waals surface area contributed by atoms with E-state index in [-0.39, 0.29) is 5.78 Å². The molecular formula is C13H18N2OS. The van der Waals surface area contributed by atoms with Crippen molar-refractivity contribution >= 4 is 22.1 Å². The van der Waals surface area contributed by atoms with Crippen LogP contribution in [0.4, 0.5) is 5.00 Å². The van der Waals surface area contributed by atoms with E-state index < -0.39 is 0 Å². The molecule has 1 saturated heterocycles. The Morgan fingerprint density at radius 1 is 1.35 bits per heavy atom. The van der Waals surface area contributed by atoms with Crippen molar-refractivity contribution in [1.82, 2.24) is 5.32 Å². The van der Waals surface area contributed by atoms with Gasteiger partial charge in [0.1, 0.15) is 5.00 Å². The Morgan fingerprint density at radius 2 is 2.12 bits per heavy atom. The second-order valence-corrected chi connectivity index (χ2v) is 5.94. The Kier molecular flexibility index (Phi) is 2.92. The molecule has 2 aliphatic heterocycles. The van der Waals surface area contributed by atoms with Gasteiger partial charge in [-0.25, -0.2) is 0 Å². The second kappa shape index (κ2) is 4.42. The van der Waals surface area contributed by atoms with Crippen LogP contribution in [0.3, 0.4) is 0 Å². The summed E-state index contributed by atoms with van der Waals surface area (Å²) in [4.78, 5) is 15.7. The number of carbonyl (C=O) groups is 1. The molecule has 3 nitrogen and oxygen atoms in total. The molecule has 1 N–H and O–H groups in total. The number of fused-ring (bicyclic) bond motifs is 1.